The largest absolute Gasteiger partial charge is 0.310 e. The van der Waals surface area contributed by atoms with E-state index >= 15 is 0 Å². The number of aryl methyl sites for hydroxylation is 3. The van der Waals surface area contributed by atoms with Gasteiger partial charge in [0, 0.05) is 6.04 Å². The lowest BCUT2D eigenvalue weighted by Crippen LogP contribution is -2.24. The quantitative estimate of drug-likeness (QED) is 0.794. The first-order valence-electron chi connectivity index (χ1n) is 7.97. The Morgan fingerprint density at radius 3 is 2.14 bits per heavy atom. The van der Waals surface area contributed by atoms with Crippen LogP contribution in [0.5, 0.6) is 0 Å². The molecule has 1 N–H and O–H groups in total. The molecule has 112 valence electrons. The minimum Gasteiger partial charge on any atom is -0.310 e. The van der Waals surface area contributed by atoms with Gasteiger partial charge in [0.15, 0.2) is 0 Å². The molecule has 1 unspecified atom stereocenters. The fourth-order valence-corrected chi connectivity index (χ4v) is 3.05. The Hall–Kier alpha value is -1.60. The van der Waals surface area contributed by atoms with E-state index in [1.807, 2.05) is 0 Å². The molecule has 0 spiro atoms. The molecule has 0 radical (unpaired) electrons. The van der Waals surface area contributed by atoms with Crippen molar-refractivity contribution in [1.29, 1.82) is 0 Å². The molecule has 2 rings (SSSR count). The van der Waals surface area contributed by atoms with Crippen LogP contribution >= 0.6 is 0 Å². The van der Waals surface area contributed by atoms with Crippen LogP contribution in [0.3, 0.4) is 0 Å². The van der Waals surface area contributed by atoms with Crippen molar-refractivity contribution < 1.29 is 0 Å². The van der Waals surface area contributed by atoms with Crippen LogP contribution in [0.25, 0.3) is 0 Å². The van der Waals surface area contributed by atoms with Crippen molar-refractivity contribution in [1.82, 2.24) is 5.32 Å². The normalized spacial score (nSPS) is 12.4. The highest BCUT2D eigenvalue weighted by Crippen LogP contribution is 2.24. The van der Waals surface area contributed by atoms with E-state index in [4.69, 9.17) is 0 Å². The van der Waals surface area contributed by atoms with E-state index in [1.54, 1.807) is 0 Å². The molecule has 0 saturated heterocycles. The van der Waals surface area contributed by atoms with Gasteiger partial charge in [-0.1, -0.05) is 55.0 Å². The van der Waals surface area contributed by atoms with Gasteiger partial charge in [-0.15, -0.1) is 0 Å². The molecule has 0 aromatic heterocycles. The summed E-state index contributed by atoms with van der Waals surface area (Å²) in [6.45, 7) is 9.92. The minimum atomic E-state index is 0.395. The van der Waals surface area contributed by atoms with Crippen LogP contribution in [-0.2, 0) is 6.42 Å². The summed E-state index contributed by atoms with van der Waals surface area (Å²) in [5, 5.41) is 3.70. The average Bonchev–Trinajstić information content (AvgIpc) is 2.46. The van der Waals surface area contributed by atoms with Crippen molar-refractivity contribution in [2.45, 2.75) is 46.6 Å². The van der Waals surface area contributed by atoms with E-state index < -0.39 is 0 Å². The summed E-state index contributed by atoms with van der Waals surface area (Å²) in [5.41, 5.74) is 7.04. The molecule has 21 heavy (non-hydrogen) atoms. The number of benzene rings is 2. The van der Waals surface area contributed by atoms with E-state index in [1.165, 1.54) is 27.8 Å². The van der Waals surface area contributed by atoms with E-state index in [2.05, 4.69) is 75.5 Å². The monoisotopic (exact) mass is 281 g/mol. The third-order valence-electron chi connectivity index (χ3n) is 4.09. The van der Waals surface area contributed by atoms with Crippen LogP contribution < -0.4 is 5.32 Å². The number of rotatable bonds is 6. The van der Waals surface area contributed by atoms with Crippen molar-refractivity contribution >= 4 is 0 Å². The van der Waals surface area contributed by atoms with Gasteiger partial charge in [-0.2, -0.15) is 0 Å². The minimum absolute atomic E-state index is 0.395. The van der Waals surface area contributed by atoms with Crippen molar-refractivity contribution in [3.05, 3.63) is 70.3 Å². The first kappa shape index (κ1) is 15.8. The van der Waals surface area contributed by atoms with Crippen LogP contribution in [0.1, 0.15) is 47.2 Å². The second kappa shape index (κ2) is 7.42. The molecular weight excluding hydrogens is 254 g/mol. The highest BCUT2D eigenvalue weighted by Gasteiger charge is 2.14. The van der Waals surface area contributed by atoms with Gasteiger partial charge < -0.3 is 5.32 Å². The fourth-order valence-electron chi connectivity index (χ4n) is 3.05. The summed E-state index contributed by atoms with van der Waals surface area (Å²) in [6, 6.07) is 15.8. The first-order valence-corrected chi connectivity index (χ1v) is 7.97. The third kappa shape index (κ3) is 4.18. The van der Waals surface area contributed by atoms with Gasteiger partial charge in [-0.25, -0.2) is 0 Å². The molecule has 0 aliphatic heterocycles. The van der Waals surface area contributed by atoms with Crippen molar-refractivity contribution in [3.8, 4) is 0 Å². The van der Waals surface area contributed by atoms with E-state index in [0.717, 1.165) is 19.4 Å². The zero-order valence-corrected chi connectivity index (χ0v) is 13.7. The molecule has 0 heterocycles. The molecule has 1 nitrogen and oxygen atoms in total. The highest BCUT2D eigenvalue weighted by molar-refractivity contribution is 5.39. The van der Waals surface area contributed by atoms with E-state index in [0.29, 0.717) is 6.04 Å². The van der Waals surface area contributed by atoms with E-state index in [9.17, 15) is 0 Å². The van der Waals surface area contributed by atoms with Crippen LogP contribution in [-0.4, -0.2) is 6.54 Å². The summed E-state index contributed by atoms with van der Waals surface area (Å²) < 4.78 is 0. The molecule has 0 amide bonds. The van der Waals surface area contributed by atoms with Crippen molar-refractivity contribution in [2.75, 3.05) is 6.54 Å². The summed E-state index contributed by atoms with van der Waals surface area (Å²) in [7, 11) is 0. The van der Waals surface area contributed by atoms with Crippen LogP contribution in [0.15, 0.2) is 42.5 Å². The van der Waals surface area contributed by atoms with Gasteiger partial charge in [-0.05, 0) is 62.4 Å². The lowest BCUT2D eigenvalue weighted by atomic mass is 9.91. The highest BCUT2D eigenvalue weighted by atomic mass is 14.9. The maximum atomic E-state index is 3.70. The maximum absolute atomic E-state index is 3.70. The van der Waals surface area contributed by atoms with Crippen LogP contribution in [0.4, 0.5) is 0 Å². The van der Waals surface area contributed by atoms with Crippen molar-refractivity contribution in [3.63, 3.8) is 0 Å². The fraction of sp³-hybridized carbons (Fsp3) is 0.400. The van der Waals surface area contributed by atoms with Gasteiger partial charge in [0.1, 0.15) is 0 Å². The maximum Gasteiger partial charge on any atom is 0.0361 e. The Kier molecular flexibility index (Phi) is 5.58. The predicted octanol–water partition coefficient (Wildman–Crippen LogP) is 4.90. The Balaban J connectivity index is 2.27. The van der Waals surface area contributed by atoms with Crippen LogP contribution in [0, 0.1) is 20.8 Å². The standard InChI is InChI=1S/C20H27N/c1-5-11-21-20(18-9-7-6-8-10-18)14-19-16(3)12-15(2)13-17(19)4/h6-10,12-13,20-21H,5,11,14H2,1-4H3. The van der Waals surface area contributed by atoms with Crippen molar-refractivity contribution in [2.24, 2.45) is 0 Å². The lowest BCUT2D eigenvalue weighted by Gasteiger charge is -2.22. The van der Waals surface area contributed by atoms with Gasteiger partial charge in [0.25, 0.3) is 0 Å². The van der Waals surface area contributed by atoms with E-state index in [-0.39, 0.29) is 0 Å². The smallest absolute Gasteiger partial charge is 0.0361 e. The van der Waals surface area contributed by atoms with Crippen LogP contribution in [0.2, 0.25) is 0 Å². The second-order valence-electron chi connectivity index (χ2n) is 6.00. The first-order chi connectivity index (χ1) is 10.1. The Morgan fingerprint density at radius 2 is 1.57 bits per heavy atom. The molecule has 0 aliphatic rings. The molecule has 1 atom stereocenters. The van der Waals surface area contributed by atoms with Gasteiger partial charge in [0.2, 0.25) is 0 Å². The SMILES string of the molecule is CCCNC(Cc1c(C)cc(C)cc1C)c1ccccc1. The van der Waals surface area contributed by atoms with Gasteiger partial charge >= 0.3 is 0 Å². The molecule has 2 aromatic rings. The molecule has 0 bridgehead atoms. The Morgan fingerprint density at radius 1 is 0.952 bits per heavy atom. The van der Waals surface area contributed by atoms with Gasteiger partial charge in [-0.3, -0.25) is 0 Å². The predicted molar refractivity (Wildman–Crippen MR) is 91.8 cm³/mol. The molecular formula is C20H27N. The zero-order valence-electron chi connectivity index (χ0n) is 13.7. The average molecular weight is 281 g/mol. The summed E-state index contributed by atoms with van der Waals surface area (Å²) in [5.74, 6) is 0. The molecule has 0 aliphatic carbocycles. The molecule has 0 saturated carbocycles. The topological polar surface area (TPSA) is 12.0 Å². The number of hydrogen-bond acceptors (Lipinski definition) is 1. The summed E-state index contributed by atoms with van der Waals surface area (Å²) in [4.78, 5) is 0. The van der Waals surface area contributed by atoms with Gasteiger partial charge in [0.05, 0.1) is 0 Å². The second-order valence-corrected chi connectivity index (χ2v) is 6.00. The molecule has 0 fully saturated rings. The molecule has 2 aromatic carbocycles. The summed E-state index contributed by atoms with van der Waals surface area (Å²) >= 11 is 0. The Bertz CT molecular complexity index is 549. The molecule has 1 heteroatoms. The lowest BCUT2D eigenvalue weighted by molar-refractivity contribution is 0.527. The number of hydrogen-bond donors (Lipinski definition) is 1. The zero-order chi connectivity index (χ0) is 15.2. The summed E-state index contributed by atoms with van der Waals surface area (Å²) in [6.07, 6.45) is 2.22. The Labute approximate surface area is 129 Å². The number of nitrogens with one attached hydrogen (secondary N) is 1. The third-order valence-corrected chi connectivity index (χ3v) is 4.09.